The van der Waals surface area contributed by atoms with Crippen LogP contribution >= 0.6 is 15.6 Å². The van der Waals surface area contributed by atoms with Crippen molar-refractivity contribution in [2.45, 2.75) is 374 Å². The van der Waals surface area contributed by atoms with Crippen LogP contribution < -0.4 is 0 Å². The first kappa shape index (κ1) is 87.1. The van der Waals surface area contributed by atoms with E-state index in [0.29, 0.717) is 25.7 Å². The Bertz CT molecular complexity index is 1740. The van der Waals surface area contributed by atoms with Crippen LogP contribution in [0.4, 0.5) is 0 Å². The third-order valence-electron chi connectivity index (χ3n) is 16.6. The predicted molar refractivity (Wildman–Crippen MR) is 358 cm³/mol. The van der Waals surface area contributed by atoms with Crippen LogP contribution in [0, 0.1) is 11.8 Å². The molecule has 0 aliphatic carbocycles. The predicted octanol–water partition coefficient (Wildman–Crippen LogP) is 20.0. The minimum Gasteiger partial charge on any atom is -0.462 e. The van der Waals surface area contributed by atoms with Crippen molar-refractivity contribution in [2.75, 3.05) is 39.6 Å². The van der Waals surface area contributed by atoms with Gasteiger partial charge in [-0.3, -0.25) is 37.3 Å². The second-order valence-electron chi connectivity index (χ2n) is 26.0. The Morgan fingerprint density at radius 2 is 0.573 bits per heavy atom. The number of aliphatic hydroxyl groups excluding tert-OH is 1. The molecule has 0 aliphatic rings. The molecule has 528 valence electrons. The zero-order chi connectivity index (χ0) is 65.7. The SMILES string of the molecule is CCCCCCCCCCCCCCCCCC(=O)O[C@H](COC(=O)CCCCCCCCCCCCC(C)C)COP(=O)(O)OC[C@@H](O)COP(=O)(O)OC[C@@H](COC(=O)CCCCCCCCCCC)OC(=O)CCCCCCCCCCC(C)CC. The van der Waals surface area contributed by atoms with Crippen molar-refractivity contribution in [3.63, 3.8) is 0 Å². The number of aliphatic hydroxyl groups is 1. The number of carbonyl (C=O) groups excluding carboxylic acids is 4. The highest BCUT2D eigenvalue weighted by Gasteiger charge is 2.30. The molecule has 0 bridgehead atoms. The lowest BCUT2D eigenvalue weighted by Crippen LogP contribution is -2.30. The molecule has 0 aromatic heterocycles. The molecular formula is C70H136O17P2. The molecule has 0 saturated carbocycles. The Morgan fingerprint density at radius 3 is 0.854 bits per heavy atom. The minimum absolute atomic E-state index is 0.105. The van der Waals surface area contributed by atoms with Gasteiger partial charge in [0.25, 0.3) is 0 Å². The third-order valence-corrected chi connectivity index (χ3v) is 18.5. The monoisotopic (exact) mass is 1310 g/mol. The van der Waals surface area contributed by atoms with Crippen molar-refractivity contribution in [3.05, 3.63) is 0 Å². The van der Waals surface area contributed by atoms with E-state index >= 15 is 0 Å². The summed E-state index contributed by atoms with van der Waals surface area (Å²) in [5.74, 6) is -0.597. The van der Waals surface area contributed by atoms with E-state index in [1.807, 2.05) is 0 Å². The van der Waals surface area contributed by atoms with E-state index in [4.69, 9.17) is 37.0 Å². The summed E-state index contributed by atoms with van der Waals surface area (Å²) >= 11 is 0. The fourth-order valence-electron chi connectivity index (χ4n) is 10.6. The topological polar surface area (TPSA) is 237 Å². The molecule has 3 N–H and O–H groups in total. The number of carbonyl (C=O) groups is 4. The van der Waals surface area contributed by atoms with E-state index in [1.54, 1.807) is 0 Å². The third kappa shape index (κ3) is 63.2. The Labute approximate surface area is 543 Å². The van der Waals surface area contributed by atoms with Gasteiger partial charge in [-0.1, -0.05) is 305 Å². The van der Waals surface area contributed by atoms with Crippen LogP contribution in [0.15, 0.2) is 0 Å². The van der Waals surface area contributed by atoms with E-state index in [2.05, 4.69) is 41.5 Å². The molecule has 0 fully saturated rings. The van der Waals surface area contributed by atoms with Gasteiger partial charge in [0.15, 0.2) is 12.2 Å². The fourth-order valence-corrected chi connectivity index (χ4v) is 12.1. The van der Waals surface area contributed by atoms with Gasteiger partial charge in [0.2, 0.25) is 0 Å². The van der Waals surface area contributed by atoms with Crippen LogP contribution in [0.25, 0.3) is 0 Å². The van der Waals surface area contributed by atoms with Crippen LogP contribution in [-0.4, -0.2) is 96.7 Å². The Hall–Kier alpha value is -1.94. The molecule has 0 aliphatic heterocycles. The van der Waals surface area contributed by atoms with E-state index in [0.717, 1.165) is 102 Å². The first-order valence-corrected chi connectivity index (χ1v) is 39.5. The van der Waals surface area contributed by atoms with Crippen molar-refractivity contribution in [2.24, 2.45) is 11.8 Å². The van der Waals surface area contributed by atoms with Crippen molar-refractivity contribution in [3.8, 4) is 0 Å². The second kappa shape index (κ2) is 62.2. The quantitative estimate of drug-likeness (QED) is 0.0222. The van der Waals surface area contributed by atoms with Crippen molar-refractivity contribution < 1.29 is 80.2 Å². The van der Waals surface area contributed by atoms with E-state index in [-0.39, 0.29) is 25.7 Å². The molecule has 89 heavy (non-hydrogen) atoms. The lowest BCUT2D eigenvalue weighted by Gasteiger charge is -2.21. The summed E-state index contributed by atoms with van der Waals surface area (Å²) in [4.78, 5) is 72.5. The highest BCUT2D eigenvalue weighted by molar-refractivity contribution is 7.47. The van der Waals surface area contributed by atoms with Gasteiger partial charge in [-0.25, -0.2) is 9.13 Å². The minimum atomic E-state index is -4.95. The molecule has 19 heteroatoms. The Balaban J connectivity index is 5.25. The number of ether oxygens (including phenoxy) is 4. The van der Waals surface area contributed by atoms with Gasteiger partial charge in [0.1, 0.15) is 19.3 Å². The Kier molecular flexibility index (Phi) is 60.8. The first-order valence-electron chi connectivity index (χ1n) is 36.5. The van der Waals surface area contributed by atoms with Gasteiger partial charge in [0.05, 0.1) is 26.4 Å². The van der Waals surface area contributed by atoms with Crippen LogP contribution in [0.5, 0.6) is 0 Å². The maximum absolute atomic E-state index is 13.0. The highest BCUT2D eigenvalue weighted by Crippen LogP contribution is 2.45. The van der Waals surface area contributed by atoms with Crippen LogP contribution in [0.3, 0.4) is 0 Å². The number of phosphoric acid groups is 2. The summed E-state index contributed by atoms with van der Waals surface area (Å²) in [6, 6.07) is 0. The molecule has 0 amide bonds. The number of phosphoric ester groups is 2. The molecule has 0 radical (unpaired) electrons. The average molecular weight is 1310 g/mol. The van der Waals surface area contributed by atoms with Crippen LogP contribution in [0.1, 0.15) is 356 Å². The maximum Gasteiger partial charge on any atom is 0.472 e. The molecule has 0 aromatic rings. The fraction of sp³-hybridized carbons (Fsp3) is 0.943. The summed E-state index contributed by atoms with van der Waals surface area (Å²) in [7, 11) is -9.90. The highest BCUT2D eigenvalue weighted by atomic mass is 31.2. The summed E-state index contributed by atoms with van der Waals surface area (Å²) < 4.78 is 68.3. The largest absolute Gasteiger partial charge is 0.472 e. The van der Waals surface area contributed by atoms with Gasteiger partial charge in [0, 0.05) is 25.7 Å². The van der Waals surface area contributed by atoms with Gasteiger partial charge in [-0.15, -0.1) is 0 Å². The molecule has 0 spiro atoms. The molecule has 0 heterocycles. The van der Waals surface area contributed by atoms with Gasteiger partial charge in [-0.05, 0) is 37.5 Å². The van der Waals surface area contributed by atoms with Crippen molar-refractivity contribution in [1.82, 2.24) is 0 Å². The molecular weight excluding hydrogens is 1170 g/mol. The van der Waals surface area contributed by atoms with Crippen molar-refractivity contribution >= 4 is 39.5 Å². The second-order valence-corrected chi connectivity index (χ2v) is 28.9. The summed E-state index contributed by atoms with van der Waals surface area (Å²) in [6.07, 6.45) is 47.1. The molecule has 6 atom stereocenters. The number of unbranched alkanes of at least 4 members (excludes halogenated alkanes) is 38. The average Bonchev–Trinajstić information content (AvgIpc) is 3.61. The molecule has 0 saturated heterocycles. The lowest BCUT2D eigenvalue weighted by molar-refractivity contribution is -0.161. The van der Waals surface area contributed by atoms with Crippen LogP contribution in [0.2, 0.25) is 0 Å². The van der Waals surface area contributed by atoms with E-state index < -0.39 is 97.5 Å². The molecule has 0 aromatic carbocycles. The van der Waals surface area contributed by atoms with Crippen molar-refractivity contribution in [1.29, 1.82) is 0 Å². The summed E-state index contributed by atoms with van der Waals surface area (Å²) in [5, 5.41) is 10.6. The first-order chi connectivity index (χ1) is 42.9. The van der Waals surface area contributed by atoms with Gasteiger partial charge >= 0.3 is 39.5 Å². The zero-order valence-electron chi connectivity index (χ0n) is 57.7. The van der Waals surface area contributed by atoms with E-state index in [1.165, 1.54) is 173 Å². The lowest BCUT2D eigenvalue weighted by atomic mass is 9.99. The van der Waals surface area contributed by atoms with Crippen LogP contribution in [-0.2, 0) is 65.4 Å². The number of hydrogen-bond donors (Lipinski definition) is 3. The normalized spacial score (nSPS) is 14.4. The number of rotatable bonds is 69. The molecule has 17 nitrogen and oxygen atoms in total. The standard InChI is InChI=1S/C70H136O17P2/c1-7-10-12-14-16-18-19-20-21-22-23-29-36-42-48-54-69(74)86-65(59-81-68(73)53-47-41-35-28-25-24-27-32-38-44-50-62(4)5)60-84-88(76,77)82-56-64(71)57-83-89(78,79)85-61-66(58-80-67(72)52-46-40-34-26-17-15-13-11-8-2)87-70(75)55-49-43-37-31-30-33-39-45-51-63(6)9-3/h62-66,71H,7-61H2,1-6H3,(H,76,77)(H,78,79)/t63?,64-,65-,66-/m1/s1. The molecule has 3 unspecified atom stereocenters. The summed E-state index contributed by atoms with van der Waals surface area (Å²) in [6.45, 7) is 9.53. The number of hydrogen-bond acceptors (Lipinski definition) is 15. The maximum atomic E-state index is 13.0. The number of esters is 4. The zero-order valence-corrected chi connectivity index (χ0v) is 59.5. The van der Waals surface area contributed by atoms with E-state index in [9.17, 15) is 43.2 Å². The summed E-state index contributed by atoms with van der Waals surface area (Å²) in [5.41, 5.74) is 0. The van der Waals surface area contributed by atoms with Gasteiger partial charge < -0.3 is 33.8 Å². The van der Waals surface area contributed by atoms with Gasteiger partial charge in [-0.2, -0.15) is 0 Å². The Morgan fingerprint density at radius 1 is 0.326 bits per heavy atom. The smallest absolute Gasteiger partial charge is 0.462 e. The molecule has 0 rings (SSSR count).